The van der Waals surface area contributed by atoms with E-state index in [9.17, 15) is 19.0 Å². The van der Waals surface area contributed by atoms with Gasteiger partial charge in [-0.1, -0.05) is 212 Å². The molecule has 0 bridgehead atoms. The maximum Gasteiger partial charge on any atom is 0.472 e. The third-order valence-corrected chi connectivity index (χ3v) is 13.4. The second-order valence-electron chi connectivity index (χ2n) is 18.4. The molecular formula is C49H92N5O9P. The molecule has 2 rings (SSSR count). The maximum atomic E-state index is 13.1. The number of aryl methyl sites for hydroxylation is 1. The highest BCUT2D eigenvalue weighted by Crippen LogP contribution is 2.45. The minimum Gasteiger partial charge on any atom is -0.379 e. The van der Waals surface area contributed by atoms with E-state index in [0.717, 1.165) is 32.1 Å². The molecule has 0 radical (unpaired) electrons. The van der Waals surface area contributed by atoms with Crippen LogP contribution in [0, 0.1) is 6.92 Å². The molecule has 0 amide bonds. The highest BCUT2D eigenvalue weighted by molar-refractivity contribution is 7.47. The van der Waals surface area contributed by atoms with E-state index in [1.54, 1.807) is 6.92 Å². The number of aromatic nitrogens is 2. The van der Waals surface area contributed by atoms with Crippen LogP contribution in [0.15, 0.2) is 20.9 Å². The Labute approximate surface area is 387 Å². The van der Waals surface area contributed by atoms with Gasteiger partial charge in [0.2, 0.25) is 0 Å². The van der Waals surface area contributed by atoms with Gasteiger partial charge in [0.25, 0.3) is 5.56 Å². The van der Waals surface area contributed by atoms with Crippen molar-refractivity contribution in [2.75, 3.05) is 33.0 Å². The Morgan fingerprint density at radius 2 is 1.16 bits per heavy atom. The second kappa shape index (κ2) is 39.0. The van der Waals surface area contributed by atoms with Crippen molar-refractivity contribution in [2.45, 2.75) is 257 Å². The number of rotatable bonds is 45. The van der Waals surface area contributed by atoms with Gasteiger partial charge in [0.05, 0.1) is 32.0 Å². The van der Waals surface area contributed by atoms with Gasteiger partial charge in [-0.15, -0.1) is 0 Å². The van der Waals surface area contributed by atoms with Crippen molar-refractivity contribution in [3.63, 3.8) is 0 Å². The monoisotopic (exact) mass is 926 g/mol. The van der Waals surface area contributed by atoms with Crippen LogP contribution in [0.2, 0.25) is 0 Å². The zero-order chi connectivity index (χ0) is 46.4. The molecule has 1 aliphatic rings. The molecule has 1 aromatic rings. The number of ether oxygens (including phenoxy) is 3. The summed E-state index contributed by atoms with van der Waals surface area (Å²) in [7, 11) is -4.58. The summed E-state index contributed by atoms with van der Waals surface area (Å²) < 4.78 is 43.0. The first-order valence-corrected chi connectivity index (χ1v) is 27.5. The summed E-state index contributed by atoms with van der Waals surface area (Å²) in [5.74, 6) is 0. The molecule has 1 saturated heterocycles. The summed E-state index contributed by atoms with van der Waals surface area (Å²) in [4.78, 5) is 40.1. The SMILES string of the molecule is CCCCCCCCCCCCCCCCCCOC[C@@H](COP(=O)(O)OC[C@H]1O[C@@H](n2cc(C)c(=O)[nH]c2=O)C[C@@H]1N=[N+]=[N-])OCCCCCCCCCCCCCCCCCC. The van der Waals surface area contributed by atoms with Gasteiger partial charge in [0.15, 0.2) is 0 Å². The maximum absolute atomic E-state index is 13.1. The molecule has 0 spiro atoms. The molecule has 2 heterocycles. The standard InChI is InChI=1S/C49H92N5O9P/c1-4-6-8-10-12-14-16-18-20-22-24-26-28-30-32-34-36-59-40-44(60-37-35-33-31-29-27-25-23-21-19-17-15-13-11-9-7-5-2)41-61-64(57,58)62-42-46-45(52-53-50)38-47(63-46)54-39-43(3)48(55)51-49(54)56/h39,44-47H,4-38,40-42H2,1-3H3,(H,57,58)(H,51,55,56)/t44-,45-,46+,47+/m0/s1. The number of unbranched alkanes of at least 4 members (excludes halogenated alkanes) is 30. The number of aromatic amines is 1. The Hall–Kier alpha value is -2.02. The van der Waals surface area contributed by atoms with Crippen molar-refractivity contribution in [1.29, 1.82) is 0 Å². The summed E-state index contributed by atoms with van der Waals surface area (Å²) in [5, 5.41) is 3.76. The number of H-pyrrole nitrogens is 1. The molecule has 0 saturated carbocycles. The lowest BCUT2D eigenvalue weighted by Crippen LogP contribution is -2.33. The first-order chi connectivity index (χ1) is 31.2. The number of phosphoric ester groups is 1. The number of nitrogens with zero attached hydrogens (tertiary/aromatic N) is 4. The number of azide groups is 1. The molecule has 1 aliphatic heterocycles. The van der Waals surface area contributed by atoms with E-state index in [0.29, 0.717) is 18.8 Å². The average Bonchev–Trinajstić information content (AvgIpc) is 3.68. The Kier molecular flexibility index (Phi) is 35.4. The van der Waals surface area contributed by atoms with E-state index < -0.39 is 50.2 Å². The van der Waals surface area contributed by atoms with Crippen molar-refractivity contribution >= 4 is 7.82 Å². The van der Waals surface area contributed by atoms with Crippen LogP contribution in [0.3, 0.4) is 0 Å². The Morgan fingerprint density at radius 3 is 1.61 bits per heavy atom. The number of hydrogen-bond acceptors (Lipinski definition) is 9. The summed E-state index contributed by atoms with van der Waals surface area (Å²) >= 11 is 0. The van der Waals surface area contributed by atoms with Gasteiger partial charge in [-0.2, -0.15) is 0 Å². The molecule has 1 fully saturated rings. The molecule has 64 heavy (non-hydrogen) atoms. The van der Waals surface area contributed by atoms with Gasteiger partial charge in [-0.05, 0) is 25.3 Å². The van der Waals surface area contributed by atoms with Crippen molar-refractivity contribution in [3.8, 4) is 0 Å². The van der Waals surface area contributed by atoms with Gasteiger partial charge >= 0.3 is 13.5 Å². The van der Waals surface area contributed by atoms with Crippen molar-refractivity contribution in [3.05, 3.63) is 43.0 Å². The second-order valence-corrected chi connectivity index (χ2v) is 19.8. The van der Waals surface area contributed by atoms with Crippen LogP contribution < -0.4 is 11.2 Å². The highest BCUT2D eigenvalue weighted by Gasteiger charge is 2.38. The largest absolute Gasteiger partial charge is 0.472 e. The molecule has 0 aliphatic carbocycles. The molecule has 15 heteroatoms. The minimum atomic E-state index is -4.58. The third-order valence-electron chi connectivity index (χ3n) is 12.5. The fourth-order valence-corrected chi connectivity index (χ4v) is 9.18. The van der Waals surface area contributed by atoms with Gasteiger partial charge in [-0.25, -0.2) is 9.36 Å². The smallest absolute Gasteiger partial charge is 0.379 e. The molecule has 1 unspecified atom stereocenters. The fraction of sp³-hybridized carbons (Fsp3) is 0.918. The van der Waals surface area contributed by atoms with Gasteiger partial charge in [0.1, 0.15) is 12.3 Å². The molecule has 14 nitrogen and oxygen atoms in total. The zero-order valence-electron chi connectivity index (χ0n) is 40.7. The Morgan fingerprint density at radius 1 is 0.719 bits per heavy atom. The Balaban J connectivity index is 1.70. The van der Waals surface area contributed by atoms with Crippen LogP contribution in [-0.4, -0.2) is 65.7 Å². The molecule has 5 atom stereocenters. The van der Waals surface area contributed by atoms with Crippen LogP contribution in [0.1, 0.15) is 238 Å². The van der Waals surface area contributed by atoms with Gasteiger partial charge < -0.3 is 19.1 Å². The van der Waals surface area contributed by atoms with Crippen molar-refractivity contribution in [1.82, 2.24) is 9.55 Å². The molecular weight excluding hydrogens is 834 g/mol. The molecule has 2 N–H and O–H groups in total. The third kappa shape index (κ3) is 29.6. The van der Waals surface area contributed by atoms with Crippen LogP contribution in [0.25, 0.3) is 10.4 Å². The van der Waals surface area contributed by atoms with Crippen LogP contribution in [-0.2, 0) is 27.8 Å². The average molecular weight is 926 g/mol. The normalized spacial score (nSPS) is 17.7. The Bertz CT molecular complexity index is 1490. The lowest BCUT2D eigenvalue weighted by molar-refractivity contribution is -0.0503. The topological polar surface area (TPSA) is 187 Å². The number of nitrogens with one attached hydrogen (secondary N) is 1. The summed E-state index contributed by atoms with van der Waals surface area (Å²) in [6.07, 6.45) is 40.6. The predicted molar refractivity (Wildman–Crippen MR) is 259 cm³/mol. The summed E-state index contributed by atoms with van der Waals surface area (Å²) in [5.41, 5.74) is 8.25. The van der Waals surface area contributed by atoms with E-state index in [-0.39, 0.29) is 19.6 Å². The first kappa shape index (κ1) is 58.1. The van der Waals surface area contributed by atoms with E-state index in [2.05, 4.69) is 28.9 Å². The molecule has 1 aromatic heterocycles. The zero-order valence-corrected chi connectivity index (χ0v) is 41.6. The van der Waals surface area contributed by atoms with Crippen molar-refractivity contribution in [2.24, 2.45) is 5.11 Å². The highest BCUT2D eigenvalue weighted by atomic mass is 31.2. The first-order valence-electron chi connectivity index (χ1n) is 26.0. The van der Waals surface area contributed by atoms with Crippen LogP contribution in [0.5, 0.6) is 0 Å². The van der Waals surface area contributed by atoms with Gasteiger partial charge in [0, 0.05) is 36.3 Å². The van der Waals surface area contributed by atoms with Crippen molar-refractivity contribution < 1.29 is 32.7 Å². The number of hydrogen-bond donors (Lipinski definition) is 2. The summed E-state index contributed by atoms with van der Waals surface area (Å²) in [6, 6.07) is -0.789. The lowest BCUT2D eigenvalue weighted by Gasteiger charge is -2.21. The van der Waals surface area contributed by atoms with E-state index in [4.69, 9.17) is 28.8 Å². The fourth-order valence-electron chi connectivity index (χ4n) is 8.42. The molecule has 0 aromatic carbocycles. The van der Waals surface area contributed by atoms with Crippen LogP contribution in [0.4, 0.5) is 0 Å². The predicted octanol–water partition coefficient (Wildman–Crippen LogP) is 13.9. The van der Waals surface area contributed by atoms with Gasteiger partial charge in [-0.3, -0.25) is 23.4 Å². The van der Waals surface area contributed by atoms with Crippen LogP contribution >= 0.6 is 7.82 Å². The van der Waals surface area contributed by atoms with E-state index in [1.165, 1.54) is 184 Å². The quantitative estimate of drug-likeness (QED) is 0.0211. The number of phosphoric acid groups is 1. The molecule has 372 valence electrons. The lowest BCUT2D eigenvalue weighted by atomic mass is 10.0. The van der Waals surface area contributed by atoms with E-state index in [1.807, 2.05) is 0 Å². The minimum absolute atomic E-state index is 0.103. The summed E-state index contributed by atoms with van der Waals surface area (Å²) in [6.45, 7) is 6.79. The van der Waals surface area contributed by atoms with E-state index >= 15 is 0 Å².